The third-order valence-electron chi connectivity index (χ3n) is 2.74. The zero-order valence-corrected chi connectivity index (χ0v) is 9.71. The summed E-state index contributed by atoms with van der Waals surface area (Å²) in [4.78, 5) is 14.3. The van der Waals surface area contributed by atoms with Gasteiger partial charge in [0.2, 0.25) is 6.08 Å². The van der Waals surface area contributed by atoms with E-state index in [9.17, 15) is 9.18 Å². The molecule has 0 spiro atoms. The summed E-state index contributed by atoms with van der Waals surface area (Å²) in [6, 6.07) is 15.4. The minimum Gasteiger partial charge on any atom is -0.211 e. The van der Waals surface area contributed by atoms with E-state index in [0.29, 0.717) is 6.42 Å². The Hall–Kier alpha value is -2.25. The Kier molecular flexibility index (Phi) is 4.00. The van der Waals surface area contributed by atoms with E-state index in [1.807, 2.05) is 30.3 Å². The monoisotopic (exact) mass is 241 g/mol. The van der Waals surface area contributed by atoms with Crippen LogP contribution in [0, 0.1) is 5.82 Å². The van der Waals surface area contributed by atoms with E-state index >= 15 is 0 Å². The first kappa shape index (κ1) is 12.2. The molecule has 2 rings (SSSR count). The molecular weight excluding hydrogens is 229 g/mol. The van der Waals surface area contributed by atoms with E-state index in [2.05, 4.69) is 4.99 Å². The predicted octanol–water partition coefficient (Wildman–Crippen LogP) is 3.45. The van der Waals surface area contributed by atoms with Gasteiger partial charge in [-0.1, -0.05) is 42.5 Å². The van der Waals surface area contributed by atoms with Crippen molar-refractivity contribution in [3.05, 3.63) is 71.5 Å². The molecule has 0 aromatic heterocycles. The smallest absolute Gasteiger partial charge is 0.211 e. The summed E-state index contributed by atoms with van der Waals surface area (Å²) >= 11 is 0. The molecule has 0 aliphatic carbocycles. The van der Waals surface area contributed by atoms with Crippen LogP contribution >= 0.6 is 0 Å². The largest absolute Gasteiger partial charge is 0.235 e. The molecule has 18 heavy (non-hydrogen) atoms. The number of halogens is 1. The highest BCUT2D eigenvalue weighted by molar-refractivity contribution is 5.36. The fourth-order valence-electron chi connectivity index (χ4n) is 1.82. The highest BCUT2D eigenvalue weighted by Crippen LogP contribution is 2.22. The number of benzene rings is 2. The molecule has 90 valence electrons. The predicted molar refractivity (Wildman–Crippen MR) is 67.4 cm³/mol. The zero-order chi connectivity index (χ0) is 12.8. The summed E-state index contributed by atoms with van der Waals surface area (Å²) in [5.41, 5.74) is 1.88. The number of hydrogen-bond donors (Lipinski definition) is 0. The van der Waals surface area contributed by atoms with Crippen molar-refractivity contribution in [1.29, 1.82) is 0 Å². The van der Waals surface area contributed by atoms with Crippen molar-refractivity contribution >= 4 is 6.08 Å². The van der Waals surface area contributed by atoms with Crippen LogP contribution in [0.1, 0.15) is 17.2 Å². The minimum absolute atomic E-state index is 0.299. The van der Waals surface area contributed by atoms with Crippen LogP contribution in [0.25, 0.3) is 0 Å². The second-order valence-corrected chi connectivity index (χ2v) is 3.98. The van der Waals surface area contributed by atoms with Crippen LogP contribution in [-0.2, 0) is 11.2 Å². The SMILES string of the molecule is O=C=NC(Cc1ccccc1)c1ccc(F)cc1. The van der Waals surface area contributed by atoms with Crippen molar-refractivity contribution in [3.8, 4) is 0 Å². The molecule has 0 heterocycles. The number of rotatable bonds is 4. The maximum Gasteiger partial charge on any atom is 0.235 e. The molecule has 0 aliphatic rings. The molecule has 0 saturated heterocycles. The summed E-state index contributed by atoms with van der Waals surface area (Å²) in [6.45, 7) is 0. The molecule has 2 aromatic carbocycles. The molecule has 2 aromatic rings. The van der Waals surface area contributed by atoms with Crippen molar-refractivity contribution < 1.29 is 9.18 Å². The molecule has 1 unspecified atom stereocenters. The van der Waals surface area contributed by atoms with Gasteiger partial charge in [-0.3, -0.25) is 0 Å². The van der Waals surface area contributed by atoms with Gasteiger partial charge in [-0.15, -0.1) is 0 Å². The first-order valence-electron chi connectivity index (χ1n) is 5.66. The van der Waals surface area contributed by atoms with Crippen LogP contribution in [0.5, 0.6) is 0 Å². The molecule has 0 N–H and O–H groups in total. The summed E-state index contributed by atoms with van der Waals surface area (Å²) in [6.07, 6.45) is 2.18. The Morgan fingerprint density at radius 1 is 1.06 bits per heavy atom. The van der Waals surface area contributed by atoms with Gasteiger partial charge in [0.05, 0.1) is 6.04 Å². The lowest BCUT2D eigenvalue weighted by atomic mass is 9.99. The number of nitrogens with zero attached hydrogens (tertiary/aromatic N) is 1. The second-order valence-electron chi connectivity index (χ2n) is 3.98. The summed E-state index contributed by atoms with van der Waals surface area (Å²) < 4.78 is 12.9. The van der Waals surface area contributed by atoms with Crippen molar-refractivity contribution in [2.24, 2.45) is 4.99 Å². The van der Waals surface area contributed by atoms with Gasteiger partial charge in [0, 0.05) is 0 Å². The van der Waals surface area contributed by atoms with Gasteiger partial charge in [-0.2, -0.15) is 4.99 Å². The van der Waals surface area contributed by atoms with E-state index in [1.54, 1.807) is 18.2 Å². The molecule has 0 aliphatic heterocycles. The summed E-state index contributed by atoms with van der Waals surface area (Å²) in [5.74, 6) is -0.299. The lowest BCUT2D eigenvalue weighted by molar-refractivity contribution is 0.557. The van der Waals surface area contributed by atoms with Crippen LogP contribution in [0.4, 0.5) is 4.39 Å². The van der Waals surface area contributed by atoms with Crippen LogP contribution in [0.3, 0.4) is 0 Å². The molecule has 1 atom stereocenters. The average Bonchev–Trinajstić information content (AvgIpc) is 2.40. The number of isocyanates is 1. The maximum absolute atomic E-state index is 12.9. The van der Waals surface area contributed by atoms with Crippen molar-refractivity contribution in [2.75, 3.05) is 0 Å². The van der Waals surface area contributed by atoms with Crippen molar-refractivity contribution in [3.63, 3.8) is 0 Å². The average molecular weight is 241 g/mol. The maximum atomic E-state index is 12.9. The Bertz CT molecular complexity index is 544. The molecule has 0 radical (unpaired) electrons. The topological polar surface area (TPSA) is 29.4 Å². The van der Waals surface area contributed by atoms with E-state index in [1.165, 1.54) is 12.1 Å². The van der Waals surface area contributed by atoms with E-state index < -0.39 is 0 Å². The lowest BCUT2D eigenvalue weighted by Crippen LogP contribution is -2.00. The van der Waals surface area contributed by atoms with Gasteiger partial charge in [-0.05, 0) is 29.7 Å². The Labute approximate surface area is 105 Å². The Morgan fingerprint density at radius 3 is 2.33 bits per heavy atom. The third-order valence-corrected chi connectivity index (χ3v) is 2.74. The van der Waals surface area contributed by atoms with E-state index in [4.69, 9.17) is 0 Å². The van der Waals surface area contributed by atoms with Gasteiger partial charge < -0.3 is 0 Å². The minimum atomic E-state index is -0.314. The number of aliphatic imine (C=N–C) groups is 1. The first-order valence-corrected chi connectivity index (χ1v) is 5.66. The van der Waals surface area contributed by atoms with Gasteiger partial charge >= 0.3 is 0 Å². The molecule has 0 amide bonds. The highest BCUT2D eigenvalue weighted by atomic mass is 19.1. The van der Waals surface area contributed by atoms with Crippen LogP contribution in [-0.4, -0.2) is 6.08 Å². The third kappa shape index (κ3) is 3.12. The van der Waals surface area contributed by atoms with Crippen LogP contribution in [0.15, 0.2) is 59.6 Å². The fourth-order valence-corrected chi connectivity index (χ4v) is 1.82. The highest BCUT2D eigenvalue weighted by Gasteiger charge is 2.11. The number of hydrogen-bond acceptors (Lipinski definition) is 2. The summed E-state index contributed by atoms with van der Waals surface area (Å²) in [7, 11) is 0. The molecule has 0 saturated carbocycles. The first-order chi connectivity index (χ1) is 8.79. The normalized spacial score (nSPS) is 11.6. The molecule has 0 bridgehead atoms. The lowest BCUT2D eigenvalue weighted by Gasteiger charge is -2.11. The van der Waals surface area contributed by atoms with E-state index in [-0.39, 0.29) is 11.9 Å². The second kappa shape index (κ2) is 5.89. The molecule has 3 heteroatoms. The van der Waals surface area contributed by atoms with E-state index in [0.717, 1.165) is 11.1 Å². The summed E-state index contributed by atoms with van der Waals surface area (Å²) in [5, 5.41) is 0. The van der Waals surface area contributed by atoms with Crippen LogP contribution < -0.4 is 0 Å². The van der Waals surface area contributed by atoms with Gasteiger partial charge in [-0.25, -0.2) is 9.18 Å². The zero-order valence-electron chi connectivity index (χ0n) is 9.71. The Balaban J connectivity index is 2.23. The van der Waals surface area contributed by atoms with Gasteiger partial charge in [0.25, 0.3) is 0 Å². The van der Waals surface area contributed by atoms with Crippen molar-refractivity contribution in [2.45, 2.75) is 12.5 Å². The molecular formula is C15H12FNO. The standard InChI is InChI=1S/C15H12FNO/c16-14-8-6-13(7-9-14)15(17-11-18)10-12-4-2-1-3-5-12/h1-9,15H,10H2. The van der Waals surface area contributed by atoms with Crippen molar-refractivity contribution in [1.82, 2.24) is 0 Å². The van der Waals surface area contributed by atoms with Gasteiger partial charge in [0.1, 0.15) is 5.82 Å². The molecule has 0 fully saturated rings. The molecule has 2 nitrogen and oxygen atoms in total. The number of carbonyl (C=O) groups excluding carboxylic acids is 1. The van der Waals surface area contributed by atoms with Gasteiger partial charge in [0.15, 0.2) is 0 Å². The fraction of sp³-hybridized carbons (Fsp3) is 0.133. The van der Waals surface area contributed by atoms with Crippen LogP contribution in [0.2, 0.25) is 0 Å². The quantitative estimate of drug-likeness (QED) is 0.595. The Morgan fingerprint density at radius 2 is 1.72 bits per heavy atom.